The van der Waals surface area contributed by atoms with Crippen molar-refractivity contribution < 1.29 is 14.6 Å². The monoisotopic (exact) mass is 146 g/mol. The zero-order chi connectivity index (χ0) is 7.56. The second kappa shape index (κ2) is 3.12. The minimum Gasteiger partial charge on any atom is -0.396 e. The molecular formula is C7H11FO2. The molecule has 0 bridgehead atoms. The van der Waals surface area contributed by atoms with Crippen LogP contribution >= 0.6 is 0 Å². The Morgan fingerprint density at radius 2 is 2.20 bits per heavy atom. The van der Waals surface area contributed by atoms with Gasteiger partial charge in [0, 0.05) is 12.5 Å². The summed E-state index contributed by atoms with van der Waals surface area (Å²) in [6.45, 7) is -0.0104. The van der Waals surface area contributed by atoms with Gasteiger partial charge in [-0.1, -0.05) is 0 Å². The number of hydrogen-bond donors (Lipinski definition) is 2. The van der Waals surface area contributed by atoms with Gasteiger partial charge in [-0.05, 0) is 17.9 Å². The molecule has 2 atom stereocenters. The predicted molar refractivity (Wildman–Crippen MR) is 35.0 cm³/mol. The van der Waals surface area contributed by atoms with Crippen LogP contribution in [0.15, 0.2) is 11.9 Å². The van der Waals surface area contributed by atoms with Crippen LogP contribution in [0.1, 0.15) is 6.42 Å². The molecule has 0 aliphatic heterocycles. The third-order valence-electron chi connectivity index (χ3n) is 2.11. The van der Waals surface area contributed by atoms with Gasteiger partial charge >= 0.3 is 0 Å². The lowest BCUT2D eigenvalue weighted by Gasteiger charge is -2.36. The van der Waals surface area contributed by atoms with E-state index >= 15 is 0 Å². The van der Waals surface area contributed by atoms with Gasteiger partial charge in [0.2, 0.25) is 0 Å². The Kier molecular flexibility index (Phi) is 2.40. The van der Waals surface area contributed by atoms with Crippen LogP contribution in [-0.4, -0.2) is 23.4 Å². The molecule has 1 rings (SSSR count). The molecule has 1 aliphatic carbocycles. The summed E-state index contributed by atoms with van der Waals surface area (Å²) in [4.78, 5) is 0. The molecule has 2 nitrogen and oxygen atoms in total. The quantitative estimate of drug-likeness (QED) is 0.594. The van der Waals surface area contributed by atoms with E-state index in [1.54, 1.807) is 0 Å². The van der Waals surface area contributed by atoms with Crippen LogP contribution < -0.4 is 0 Å². The van der Waals surface area contributed by atoms with Gasteiger partial charge in [0.05, 0.1) is 12.9 Å². The molecule has 10 heavy (non-hydrogen) atoms. The summed E-state index contributed by atoms with van der Waals surface area (Å²) >= 11 is 0. The lowest BCUT2D eigenvalue weighted by molar-refractivity contribution is 0.0936. The fraction of sp³-hybridized carbons (Fsp3) is 0.714. The van der Waals surface area contributed by atoms with Crippen molar-refractivity contribution in [3.63, 3.8) is 0 Å². The van der Waals surface area contributed by atoms with Crippen molar-refractivity contribution in [2.45, 2.75) is 6.42 Å². The van der Waals surface area contributed by atoms with Crippen LogP contribution in [-0.2, 0) is 0 Å². The van der Waals surface area contributed by atoms with Gasteiger partial charge < -0.3 is 10.2 Å². The van der Waals surface area contributed by atoms with Gasteiger partial charge in [-0.2, -0.15) is 0 Å². The largest absolute Gasteiger partial charge is 0.396 e. The molecule has 0 saturated heterocycles. The highest BCUT2D eigenvalue weighted by Crippen LogP contribution is 2.38. The van der Waals surface area contributed by atoms with E-state index in [1.807, 2.05) is 0 Å². The Morgan fingerprint density at radius 3 is 2.60 bits per heavy atom. The summed E-state index contributed by atoms with van der Waals surface area (Å²) < 4.78 is 11.8. The van der Waals surface area contributed by atoms with Crippen molar-refractivity contribution in [3.8, 4) is 0 Å². The van der Waals surface area contributed by atoms with Crippen molar-refractivity contribution in [2.75, 3.05) is 13.2 Å². The molecule has 1 aliphatic rings. The minimum absolute atomic E-state index is 0.0442. The summed E-state index contributed by atoms with van der Waals surface area (Å²) in [6.07, 6.45) is 1.13. The van der Waals surface area contributed by atoms with Crippen molar-refractivity contribution in [1.82, 2.24) is 0 Å². The molecule has 0 amide bonds. The molecule has 1 fully saturated rings. The van der Waals surface area contributed by atoms with E-state index in [1.165, 1.54) is 0 Å². The van der Waals surface area contributed by atoms with Gasteiger partial charge in [-0.3, -0.25) is 0 Å². The standard InChI is InChI=1S/C7H11FO2/c8-2-5-1-6(3-9)7(5)4-10/h2,6-7,9-10H,1,3-4H2/b5-2-/t6?,7-/m1/s1. The van der Waals surface area contributed by atoms with Gasteiger partial charge in [0.25, 0.3) is 0 Å². The number of rotatable bonds is 2. The van der Waals surface area contributed by atoms with Gasteiger partial charge in [-0.15, -0.1) is 0 Å². The van der Waals surface area contributed by atoms with Crippen LogP contribution in [0.5, 0.6) is 0 Å². The Morgan fingerprint density at radius 1 is 1.50 bits per heavy atom. The SMILES string of the molecule is OCC1C/C(=C/F)[C@H]1CO. The van der Waals surface area contributed by atoms with E-state index in [4.69, 9.17) is 10.2 Å². The predicted octanol–water partition coefficient (Wildman–Crippen LogP) is 0.460. The van der Waals surface area contributed by atoms with Crippen LogP contribution in [0.25, 0.3) is 0 Å². The van der Waals surface area contributed by atoms with E-state index < -0.39 is 0 Å². The van der Waals surface area contributed by atoms with E-state index in [9.17, 15) is 4.39 Å². The number of halogens is 1. The average Bonchev–Trinajstić information content (AvgIpc) is 1.89. The zero-order valence-corrected chi connectivity index (χ0v) is 5.63. The highest BCUT2D eigenvalue weighted by Gasteiger charge is 2.34. The number of aliphatic hydroxyl groups excluding tert-OH is 2. The molecule has 58 valence electrons. The maximum absolute atomic E-state index is 11.8. The average molecular weight is 146 g/mol. The third-order valence-corrected chi connectivity index (χ3v) is 2.11. The molecule has 0 heterocycles. The first-order chi connectivity index (χ1) is 4.83. The zero-order valence-electron chi connectivity index (χ0n) is 5.63. The molecule has 0 aromatic rings. The molecule has 1 unspecified atom stereocenters. The lowest BCUT2D eigenvalue weighted by atomic mass is 9.71. The topological polar surface area (TPSA) is 40.5 Å². The summed E-state index contributed by atoms with van der Waals surface area (Å²) in [5.74, 6) is -0.0537. The van der Waals surface area contributed by atoms with Crippen molar-refractivity contribution >= 4 is 0 Å². The van der Waals surface area contributed by atoms with Crippen molar-refractivity contribution in [1.29, 1.82) is 0 Å². The molecule has 3 heteroatoms. The molecule has 2 N–H and O–H groups in total. The maximum Gasteiger partial charge on any atom is 0.0862 e. The van der Waals surface area contributed by atoms with E-state index in [-0.39, 0.29) is 25.0 Å². The van der Waals surface area contributed by atoms with Crippen molar-refractivity contribution in [2.24, 2.45) is 11.8 Å². The van der Waals surface area contributed by atoms with E-state index in [0.717, 1.165) is 0 Å². The molecule has 0 aromatic carbocycles. The minimum atomic E-state index is -0.130. The fourth-order valence-corrected chi connectivity index (χ4v) is 1.32. The molecule has 0 aromatic heterocycles. The Hall–Kier alpha value is -0.410. The number of aliphatic hydroxyl groups is 2. The molecular weight excluding hydrogens is 135 g/mol. The summed E-state index contributed by atoms with van der Waals surface area (Å²) in [5.41, 5.74) is 0.626. The third kappa shape index (κ3) is 1.07. The summed E-state index contributed by atoms with van der Waals surface area (Å²) in [6, 6.07) is 0. The van der Waals surface area contributed by atoms with E-state index in [2.05, 4.69) is 0 Å². The fourth-order valence-electron chi connectivity index (χ4n) is 1.32. The Bertz CT molecular complexity index is 145. The van der Waals surface area contributed by atoms with Crippen molar-refractivity contribution in [3.05, 3.63) is 11.9 Å². The normalized spacial score (nSPS) is 36.1. The molecule has 0 spiro atoms. The van der Waals surface area contributed by atoms with Crippen LogP contribution in [0, 0.1) is 11.8 Å². The first-order valence-corrected chi connectivity index (χ1v) is 3.34. The Labute approximate surface area is 59.0 Å². The smallest absolute Gasteiger partial charge is 0.0862 e. The van der Waals surface area contributed by atoms with Crippen LogP contribution in [0.4, 0.5) is 4.39 Å². The molecule has 1 saturated carbocycles. The Balaban J connectivity index is 2.46. The van der Waals surface area contributed by atoms with Gasteiger partial charge in [0.1, 0.15) is 0 Å². The second-order valence-corrected chi connectivity index (χ2v) is 2.62. The van der Waals surface area contributed by atoms with Gasteiger partial charge in [0.15, 0.2) is 0 Å². The van der Waals surface area contributed by atoms with Crippen LogP contribution in [0.3, 0.4) is 0 Å². The second-order valence-electron chi connectivity index (χ2n) is 2.62. The first-order valence-electron chi connectivity index (χ1n) is 3.34. The summed E-state index contributed by atoms with van der Waals surface area (Å²) in [5, 5.41) is 17.3. The first kappa shape index (κ1) is 7.69. The van der Waals surface area contributed by atoms with Gasteiger partial charge in [-0.25, -0.2) is 4.39 Å². The lowest BCUT2D eigenvalue weighted by Crippen LogP contribution is -2.34. The highest BCUT2D eigenvalue weighted by molar-refractivity contribution is 5.16. The maximum atomic E-state index is 11.8. The van der Waals surface area contributed by atoms with Crippen LogP contribution in [0.2, 0.25) is 0 Å². The molecule has 0 radical (unpaired) electrons. The summed E-state index contributed by atoms with van der Waals surface area (Å²) in [7, 11) is 0. The highest BCUT2D eigenvalue weighted by atomic mass is 19.1. The van der Waals surface area contributed by atoms with E-state index in [0.29, 0.717) is 18.3 Å². The number of hydrogen-bond acceptors (Lipinski definition) is 2.